The Morgan fingerprint density at radius 1 is 1.06 bits per heavy atom. The molecule has 1 aliphatic heterocycles. The quantitative estimate of drug-likeness (QED) is 0.654. The molecule has 5 nitrogen and oxygen atoms in total. The summed E-state index contributed by atoms with van der Waals surface area (Å²) >= 11 is 0. The third-order valence-electron chi connectivity index (χ3n) is 2.91. The molecule has 17 heavy (non-hydrogen) atoms. The Bertz CT molecular complexity index is 233. The van der Waals surface area contributed by atoms with Gasteiger partial charge in [-0.15, -0.1) is 6.58 Å². The molecule has 1 aliphatic rings. The molecule has 5 heteroatoms. The highest BCUT2D eigenvalue weighted by molar-refractivity contribution is 4.91. The van der Waals surface area contributed by atoms with E-state index in [9.17, 15) is 0 Å². The Labute approximate surface area is 103 Å². The van der Waals surface area contributed by atoms with Gasteiger partial charge in [-0.05, 0) is 6.92 Å². The van der Waals surface area contributed by atoms with Gasteiger partial charge in [-0.25, -0.2) is 0 Å². The lowest BCUT2D eigenvalue weighted by molar-refractivity contribution is -0.300. The minimum absolute atomic E-state index is 0.119. The standard InChI is InChI=1S/C12H22O5/c1-6-7-16-10-9(13-3)8(2)17-12(15-5)11(10)14-4/h6,8-12H,1,7H2,2-5H3/t8-,9-,10+,11+,12+/m0/s1. The average Bonchev–Trinajstić information content (AvgIpc) is 2.35. The molecule has 0 unspecified atom stereocenters. The van der Waals surface area contributed by atoms with Gasteiger partial charge in [0, 0.05) is 21.3 Å². The van der Waals surface area contributed by atoms with Gasteiger partial charge >= 0.3 is 0 Å². The maximum Gasteiger partial charge on any atom is 0.186 e. The Morgan fingerprint density at radius 2 is 1.71 bits per heavy atom. The van der Waals surface area contributed by atoms with Crippen molar-refractivity contribution >= 4 is 0 Å². The molecule has 1 heterocycles. The van der Waals surface area contributed by atoms with E-state index in [1.54, 1.807) is 27.4 Å². The lowest BCUT2D eigenvalue weighted by Gasteiger charge is -2.43. The van der Waals surface area contributed by atoms with Crippen molar-refractivity contribution in [1.82, 2.24) is 0 Å². The molecule has 0 spiro atoms. The summed E-state index contributed by atoms with van der Waals surface area (Å²) in [7, 11) is 4.82. The molecule has 0 aromatic rings. The zero-order chi connectivity index (χ0) is 12.8. The van der Waals surface area contributed by atoms with Gasteiger partial charge in [0.1, 0.15) is 18.3 Å². The largest absolute Gasteiger partial charge is 0.376 e. The first-order valence-electron chi connectivity index (χ1n) is 5.65. The molecule has 0 aliphatic carbocycles. The third kappa shape index (κ3) is 3.26. The minimum Gasteiger partial charge on any atom is -0.376 e. The summed E-state index contributed by atoms with van der Waals surface area (Å²) in [5.41, 5.74) is 0. The van der Waals surface area contributed by atoms with Crippen molar-refractivity contribution in [3.8, 4) is 0 Å². The summed E-state index contributed by atoms with van der Waals surface area (Å²) in [6.45, 7) is 6.00. The van der Waals surface area contributed by atoms with Crippen molar-refractivity contribution in [3.63, 3.8) is 0 Å². The fraction of sp³-hybridized carbons (Fsp3) is 0.833. The van der Waals surface area contributed by atoms with Crippen LogP contribution in [0.3, 0.4) is 0 Å². The smallest absolute Gasteiger partial charge is 0.186 e. The zero-order valence-electron chi connectivity index (χ0n) is 10.9. The lowest BCUT2D eigenvalue weighted by Crippen LogP contribution is -2.59. The van der Waals surface area contributed by atoms with Crippen LogP contribution in [0.5, 0.6) is 0 Å². The van der Waals surface area contributed by atoms with E-state index in [1.165, 1.54) is 0 Å². The summed E-state index contributed by atoms with van der Waals surface area (Å²) in [5, 5.41) is 0. The molecule has 0 bridgehead atoms. The minimum atomic E-state index is -0.448. The van der Waals surface area contributed by atoms with Crippen LogP contribution >= 0.6 is 0 Å². The molecule has 0 aromatic heterocycles. The monoisotopic (exact) mass is 246 g/mol. The van der Waals surface area contributed by atoms with E-state index in [2.05, 4.69) is 6.58 Å². The second-order valence-corrected chi connectivity index (χ2v) is 3.93. The van der Waals surface area contributed by atoms with E-state index in [0.29, 0.717) is 6.61 Å². The van der Waals surface area contributed by atoms with Crippen molar-refractivity contribution in [2.45, 2.75) is 37.6 Å². The van der Waals surface area contributed by atoms with Crippen LogP contribution in [0.15, 0.2) is 12.7 Å². The molecule has 0 N–H and O–H groups in total. The Hall–Kier alpha value is -0.460. The van der Waals surface area contributed by atoms with E-state index < -0.39 is 6.29 Å². The van der Waals surface area contributed by atoms with E-state index >= 15 is 0 Å². The van der Waals surface area contributed by atoms with E-state index in [0.717, 1.165) is 0 Å². The number of rotatable bonds is 6. The van der Waals surface area contributed by atoms with Gasteiger partial charge in [0.15, 0.2) is 6.29 Å². The Balaban J connectivity index is 2.81. The normalized spacial score (nSPS) is 38.0. The molecule has 1 fully saturated rings. The topological polar surface area (TPSA) is 46.2 Å². The fourth-order valence-electron chi connectivity index (χ4n) is 2.10. The highest BCUT2D eigenvalue weighted by Crippen LogP contribution is 2.27. The molecular formula is C12H22O5. The van der Waals surface area contributed by atoms with E-state index in [1.807, 2.05) is 6.92 Å². The SMILES string of the molecule is C=CCO[C@@H]1[C@@H](OC)[C@H](C)O[C@@H](OC)[C@@H]1OC. The fourth-order valence-corrected chi connectivity index (χ4v) is 2.10. The van der Waals surface area contributed by atoms with Gasteiger partial charge in [0.05, 0.1) is 12.7 Å². The van der Waals surface area contributed by atoms with Crippen LogP contribution in [0, 0.1) is 0 Å². The predicted octanol–water partition coefficient (Wildman–Crippen LogP) is 0.979. The van der Waals surface area contributed by atoms with Gasteiger partial charge in [-0.1, -0.05) is 6.08 Å². The zero-order valence-corrected chi connectivity index (χ0v) is 10.9. The summed E-state index contributed by atoms with van der Waals surface area (Å²) in [6.07, 6.45) is 0.382. The van der Waals surface area contributed by atoms with Crippen molar-refractivity contribution in [3.05, 3.63) is 12.7 Å². The Morgan fingerprint density at radius 3 is 2.18 bits per heavy atom. The van der Waals surface area contributed by atoms with Crippen molar-refractivity contribution < 1.29 is 23.7 Å². The molecule has 0 amide bonds. The molecule has 5 atom stereocenters. The summed E-state index contributed by atoms with van der Waals surface area (Å²) in [4.78, 5) is 0. The molecule has 0 aromatic carbocycles. The molecule has 100 valence electrons. The molecule has 0 saturated carbocycles. The van der Waals surface area contributed by atoms with Crippen LogP contribution in [-0.4, -0.2) is 58.6 Å². The van der Waals surface area contributed by atoms with Crippen molar-refractivity contribution in [2.24, 2.45) is 0 Å². The van der Waals surface area contributed by atoms with Crippen LogP contribution in [0.1, 0.15) is 6.92 Å². The van der Waals surface area contributed by atoms with Crippen LogP contribution in [0.25, 0.3) is 0 Å². The summed E-state index contributed by atoms with van der Waals surface area (Å²) < 4.78 is 27.5. The van der Waals surface area contributed by atoms with Crippen molar-refractivity contribution in [2.75, 3.05) is 27.9 Å². The van der Waals surface area contributed by atoms with Gasteiger partial charge in [0.2, 0.25) is 0 Å². The first-order valence-corrected chi connectivity index (χ1v) is 5.65. The van der Waals surface area contributed by atoms with Gasteiger partial charge < -0.3 is 23.7 Å². The predicted molar refractivity (Wildman–Crippen MR) is 62.9 cm³/mol. The number of ether oxygens (including phenoxy) is 5. The summed E-state index contributed by atoms with van der Waals surface area (Å²) in [5.74, 6) is 0. The highest BCUT2D eigenvalue weighted by atomic mass is 16.7. The number of methoxy groups -OCH3 is 3. The van der Waals surface area contributed by atoms with Gasteiger partial charge in [-0.2, -0.15) is 0 Å². The molecule has 1 saturated heterocycles. The highest BCUT2D eigenvalue weighted by Gasteiger charge is 2.45. The average molecular weight is 246 g/mol. The maximum atomic E-state index is 5.71. The first-order chi connectivity index (χ1) is 8.19. The molecular weight excluding hydrogens is 224 g/mol. The van der Waals surface area contributed by atoms with E-state index in [-0.39, 0.29) is 24.4 Å². The number of hydrogen-bond donors (Lipinski definition) is 0. The van der Waals surface area contributed by atoms with Gasteiger partial charge in [0.25, 0.3) is 0 Å². The van der Waals surface area contributed by atoms with Crippen LogP contribution < -0.4 is 0 Å². The summed E-state index contributed by atoms with van der Waals surface area (Å²) in [6, 6.07) is 0. The third-order valence-corrected chi connectivity index (χ3v) is 2.91. The molecule has 0 radical (unpaired) electrons. The lowest BCUT2D eigenvalue weighted by atomic mass is 9.99. The van der Waals surface area contributed by atoms with Gasteiger partial charge in [-0.3, -0.25) is 0 Å². The second-order valence-electron chi connectivity index (χ2n) is 3.93. The first kappa shape index (κ1) is 14.6. The van der Waals surface area contributed by atoms with E-state index in [4.69, 9.17) is 23.7 Å². The molecule has 1 rings (SSSR count). The van der Waals surface area contributed by atoms with Crippen molar-refractivity contribution in [1.29, 1.82) is 0 Å². The van der Waals surface area contributed by atoms with Crippen LogP contribution in [-0.2, 0) is 23.7 Å². The van der Waals surface area contributed by atoms with Crippen LogP contribution in [0.2, 0.25) is 0 Å². The number of hydrogen-bond acceptors (Lipinski definition) is 5. The maximum absolute atomic E-state index is 5.71. The second kappa shape index (κ2) is 7.08. The Kier molecular flexibility index (Phi) is 6.08. The van der Waals surface area contributed by atoms with Crippen LogP contribution in [0.4, 0.5) is 0 Å².